The smallest absolute Gasteiger partial charge is 0.251 e. The van der Waals surface area contributed by atoms with Crippen LogP contribution in [0, 0.1) is 0 Å². The Morgan fingerprint density at radius 1 is 0.939 bits per heavy atom. The van der Waals surface area contributed by atoms with Crippen LogP contribution in [0.5, 0.6) is 23.0 Å². The van der Waals surface area contributed by atoms with Crippen LogP contribution in [0.15, 0.2) is 64.1 Å². The van der Waals surface area contributed by atoms with E-state index in [1.165, 1.54) is 59.0 Å². The minimum absolute atomic E-state index is 0.0757. The van der Waals surface area contributed by atoms with Gasteiger partial charge in [-0.05, 0) is 48.5 Å². The Morgan fingerprint density at radius 2 is 1.58 bits per heavy atom. The zero-order chi connectivity index (χ0) is 24.0. The highest BCUT2D eigenvalue weighted by Crippen LogP contribution is 2.38. The number of ether oxygens (including phenoxy) is 4. The van der Waals surface area contributed by atoms with Gasteiger partial charge in [0.2, 0.25) is 5.75 Å². The molecule has 0 aliphatic rings. The number of rotatable bonds is 10. The lowest BCUT2D eigenvalue weighted by molar-refractivity contribution is 0.0952. The maximum atomic E-state index is 13.4. The summed E-state index contributed by atoms with van der Waals surface area (Å²) in [6, 6.07) is 12.1. The molecule has 1 aromatic heterocycles. The molecule has 1 atom stereocenters. The van der Waals surface area contributed by atoms with E-state index in [1.54, 1.807) is 24.3 Å². The molecular weight excluding hydrogens is 450 g/mol. The topological polar surface area (TPSA) is 113 Å². The first kappa shape index (κ1) is 24.0. The second-order valence-corrected chi connectivity index (χ2v) is 8.98. The fraction of sp³-hybridized carbons (Fsp3) is 0.261. The van der Waals surface area contributed by atoms with Crippen molar-refractivity contribution in [3.63, 3.8) is 0 Å². The highest BCUT2D eigenvalue weighted by molar-refractivity contribution is 7.91. The monoisotopic (exact) mass is 475 g/mol. The summed E-state index contributed by atoms with van der Waals surface area (Å²) in [6.07, 6.45) is 1.38. The first-order valence-corrected chi connectivity index (χ1v) is 11.4. The van der Waals surface area contributed by atoms with Gasteiger partial charge in [-0.15, -0.1) is 0 Å². The van der Waals surface area contributed by atoms with Crippen LogP contribution in [0.25, 0.3) is 0 Å². The zero-order valence-electron chi connectivity index (χ0n) is 18.7. The van der Waals surface area contributed by atoms with E-state index in [4.69, 9.17) is 23.4 Å². The third kappa shape index (κ3) is 5.06. The van der Waals surface area contributed by atoms with E-state index < -0.39 is 21.0 Å². The van der Waals surface area contributed by atoms with E-state index in [2.05, 4.69) is 5.32 Å². The molecule has 0 fully saturated rings. The molecule has 1 amide bonds. The van der Waals surface area contributed by atoms with Gasteiger partial charge in [0.25, 0.3) is 5.91 Å². The molecule has 3 rings (SSSR count). The molecule has 0 saturated heterocycles. The molecular formula is C23H25NO8S. The van der Waals surface area contributed by atoms with E-state index in [0.29, 0.717) is 23.0 Å². The quantitative estimate of drug-likeness (QED) is 0.475. The van der Waals surface area contributed by atoms with Gasteiger partial charge in [-0.2, -0.15) is 0 Å². The Morgan fingerprint density at radius 3 is 2.06 bits per heavy atom. The number of methoxy groups -OCH3 is 4. The molecule has 1 N–H and O–H groups in total. The molecule has 0 radical (unpaired) electrons. The molecule has 33 heavy (non-hydrogen) atoms. The molecule has 3 aromatic rings. The Hall–Kier alpha value is -3.66. The van der Waals surface area contributed by atoms with Crippen LogP contribution in [0.1, 0.15) is 21.4 Å². The number of hydrogen-bond acceptors (Lipinski definition) is 8. The second-order valence-electron chi connectivity index (χ2n) is 6.85. The van der Waals surface area contributed by atoms with Gasteiger partial charge in [0.05, 0.1) is 39.6 Å². The fourth-order valence-electron chi connectivity index (χ4n) is 3.27. The molecule has 2 aromatic carbocycles. The van der Waals surface area contributed by atoms with Crippen molar-refractivity contribution in [3.05, 3.63) is 66.1 Å². The summed E-state index contributed by atoms with van der Waals surface area (Å²) in [4.78, 5) is 13.0. The van der Waals surface area contributed by atoms with Crippen LogP contribution in [0.4, 0.5) is 0 Å². The van der Waals surface area contributed by atoms with Crippen molar-refractivity contribution in [3.8, 4) is 23.0 Å². The lowest BCUT2D eigenvalue weighted by Crippen LogP contribution is -2.31. The highest BCUT2D eigenvalue weighted by atomic mass is 32.2. The summed E-state index contributed by atoms with van der Waals surface area (Å²) in [7, 11) is 1.93. The lowest BCUT2D eigenvalue weighted by Gasteiger charge is -2.18. The SMILES string of the molecule is COc1ccc(S(=O)(=O)[C@@H](CNC(=O)c2cc(OC)c(OC)c(OC)c2)c2ccco2)cc1. The summed E-state index contributed by atoms with van der Waals surface area (Å²) >= 11 is 0. The van der Waals surface area contributed by atoms with Crippen molar-refractivity contribution in [1.29, 1.82) is 0 Å². The molecule has 0 aliphatic heterocycles. The van der Waals surface area contributed by atoms with Crippen LogP contribution in [0.3, 0.4) is 0 Å². The number of furan rings is 1. The maximum absolute atomic E-state index is 13.4. The largest absolute Gasteiger partial charge is 0.497 e. The van der Waals surface area contributed by atoms with E-state index in [9.17, 15) is 13.2 Å². The van der Waals surface area contributed by atoms with Gasteiger partial charge >= 0.3 is 0 Å². The van der Waals surface area contributed by atoms with Gasteiger partial charge in [-0.1, -0.05) is 0 Å². The normalized spacial score (nSPS) is 12.0. The van der Waals surface area contributed by atoms with Gasteiger partial charge in [0, 0.05) is 12.1 Å². The molecule has 0 saturated carbocycles. The van der Waals surface area contributed by atoms with E-state index >= 15 is 0 Å². The van der Waals surface area contributed by atoms with Crippen molar-refractivity contribution >= 4 is 15.7 Å². The predicted molar refractivity (Wildman–Crippen MR) is 120 cm³/mol. The maximum Gasteiger partial charge on any atom is 0.251 e. The van der Waals surface area contributed by atoms with Crippen LogP contribution in [-0.2, 0) is 9.84 Å². The van der Waals surface area contributed by atoms with Crippen LogP contribution in [-0.4, -0.2) is 49.3 Å². The van der Waals surface area contributed by atoms with Crippen molar-refractivity contribution < 1.29 is 36.6 Å². The van der Waals surface area contributed by atoms with Crippen molar-refractivity contribution in [2.24, 2.45) is 0 Å². The Balaban J connectivity index is 1.89. The number of amides is 1. The summed E-state index contributed by atoms with van der Waals surface area (Å²) in [6.45, 7) is -0.225. The summed E-state index contributed by atoms with van der Waals surface area (Å²) in [5.74, 6) is 1.16. The van der Waals surface area contributed by atoms with E-state index in [1.807, 2.05) is 0 Å². The van der Waals surface area contributed by atoms with Crippen LogP contribution < -0.4 is 24.3 Å². The molecule has 0 bridgehead atoms. The minimum Gasteiger partial charge on any atom is -0.497 e. The zero-order valence-corrected chi connectivity index (χ0v) is 19.5. The van der Waals surface area contributed by atoms with Crippen molar-refractivity contribution in [2.75, 3.05) is 35.0 Å². The molecule has 0 unspecified atom stereocenters. The number of sulfone groups is 1. The average Bonchev–Trinajstić information content (AvgIpc) is 3.37. The Bertz CT molecular complexity index is 1160. The van der Waals surface area contributed by atoms with Gasteiger partial charge in [0.15, 0.2) is 21.3 Å². The average molecular weight is 476 g/mol. The standard InChI is InChI=1S/C23H25NO8S/c1-28-16-7-9-17(10-8-16)33(26,27)21(18-6-5-11-32-18)14-24-23(25)15-12-19(29-2)22(31-4)20(13-15)30-3/h5-13,21H,14H2,1-4H3,(H,24,25)/t21-/m0/s1. The Labute approximate surface area is 192 Å². The van der Waals surface area contributed by atoms with Crippen LogP contribution in [0.2, 0.25) is 0 Å². The first-order valence-electron chi connectivity index (χ1n) is 9.85. The number of carbonyl (C=O) groups is 1. The number of hydrogen-bond donors (Lipinski definition) is 1. The molecule has 1 heterocycles. The summed E-state index contributed by atoms with van der Waals surface area (Å²) in [5.41, 5.74) is 0.213. The predicted octanol–water partition coefficient (Wildman–Crippen LogP) is 3.26. The molecule has 0 spiro atoms. The molecule has 9 nitrogen and oxygen atoms in total. The number of carbonyl (C=O) groups excluding carboxylic acids is 1. The first-order chi connectivity index (χ1) is 15.8. The second kappa shape index (κ2) is 10.3. The number of nitrogens with one attached hydrogen (secondary N) is 1. The lowest BCUT2D eigenvalue weighted by atomic mass is 10.1. The van der Waals surface area contributed by atoms with Gasteiger partial charge in [0.1, 0.15) is 16.8 Å². The number of benzene rings is 2. The molecule has 0 aliphatic carbocycles. The van der Waals surface area contributed by atoms with Gasteiger partial charge < -0.3 is 28.7 Å². The van der Waals surface area contributed by atoms with Crippen LogP contribution >= 0.6 is 0 Å². The van der Waals surface area contributed by atoms with Gasteiger partial charge in [-0.25, -0.2) is 8.42 Å². The minimum atomic E-state index is -3.90. The molecule has 176 valence electrons. The van der Waals surface area contributed by atoms with E-state index in [-0.39, 0.29) is 22.8 Å². The van der Waals surface area contributed by atoms with E-state index in [0.717, 1.165) is 0 Å². The van der Waals surface area contributed by atoms with Crippen molar-refractivity contribution in [2.45, 2.75) is 10.1 Å². The highest BCUT2D eigenvalue weighted by Gasteiger charge is 2.32. The fourth-order valence-corrected chi connectivity index (χ4v) is 4.85. The van der Waals surface area contributed by atoms with Crippen molar-refractivity contribution in [1.82, 2.24) is 5.32 Å². The third-order valence-corrected chi connectivity index (χ3v) is 7.08. The summed E-state index contributed by atoms with van der Waals surface area (Å²) < 4.78 is 53.0. The molecule has 10 heteroatoms. The Kier molecular flexibility index (Phi) is 7.49. The third-order valence-electron chi connectivity index (χ3n) is 5.00. The van der Waals surface area contributed by atoms with Gasteiger partial charge in [-0.3, -0.25) is 4.79 Å². The summed E-state index contributed by atoms with van der Waals surface area (Å²) in [5, 5.41) is 1.52.